The van der Waals surface area contributed by atoms with Gasteiger partial charge in [-0.15, -0.1) is 0 Å². The van der Waals surface area contributed by atoms with Crippen molar-refractivity contribution in [3.05, 3.63) is 53.0 Å². The second kappa shape index (κ2) is 8.14. The molecule has 0 unspecified atom stereocenters. The highest BCUT2D eigenvalue weighted by molar-refractivity contribution is 5.95. The first-order valence-electron chi connectivity index (χ1n) is 9.65. The van der Waals surface area contributed by atoms with Gasteiger partial charge in [0.05, 0.1) is 11.7 Å². The molecule has 0 spiro atoms. The molecule has 0 saturated carbocycles. The quantitative estimate of drug-likeness (QED) is 0.847. The van der Waals surface area contributed by atoms with Gasteiger partial charge in [-0.1, -0.05) is 12.1 Å². The largest absolute Gasteiger partial charge is 0.474 e. The van der Waals surface area contributed by atoms with Gasteiger partial charge < -0.3 is 20.1 Å². The molecule has 2 aromatic rings. The Morgan fingerprint density at radius 3 is 2.79 bits per heavy atom. The lowest BCUT2D eigenvalue weighted by atomic mass is 10.0. The minimum Gasteiger partial charge on any atom is -0.474 e. The van der Waals surface area contributed by atoms with Crippen molar-refractivity contribution in [2.75, 3.05) is 25.1 Å². The summed E-state index contributed by atoms with van der Waals surface area (Å²) in [5, 5.41) is 6.42. The Bertz CT molecular complexity index is 851. The summed E-state index contributed by atoms with van der Waals surface area (Å²) in [5.41, 5.74) is 2.82. The van der Waals surface area contributed by atoms with E-state index < -0.39 is 0 Å². The number of fused-ring (bicyclic) bond motifs is 1. The molecule has 2 aliphatic rings. The molecule has 0 radical (unpaired) electrons. The van der Waals surface area contributed by atoms with Gasteiger partial charge in [0.1, 0.15) is 18.1 Å². The first-order chi connectivity index (χ1) is 13.6. The third kappa shape index (κ3) is 4.25. The van der Waals surface area contributed by atoms with E-state index in [2.05, 4.69) is 15.6 Å². The van der Waals surface area contributed by atoms with E-state index in [1.165, 1.54) is 12.1 Å². The predicted molar refractivity (Wildman–Crippen MR) is 103 cm³/mol. The van der Waals surface area contributed by atoms with Gasteiger partial charge in [-0.2, -0.15) is 0 Å². The molecule has 3 heterocycles. The Morgan fingerprint density at radius 2 is 2.04 bits per heavy atom. The summed E-state index contributed by atoms with van der Waals surface area (Å²) in [6.07, 6.45) is 2.06. The van der Waals surface area contributed by atoms with Crippen molar-refractivity contribution in [1.29, 1.82) is 0 Å². The van der Waals surface area contributed by atoms with E-state index in [-0.39, 0.29) is 23.8 Å². The Hall–Kier alpha value is -2.67. The maximum atomic E-state index is 13.2. The number of hydrogen-bond acceptors (Lipinski definition) is 5. The second-order valence-corrected chi connectivity index (χ2v) is 7.37. The van der Waals surface area contributed by atoms with Gasteiger partial charge >= 0.3 is 0 Å². The minimum absolute atomic E-state index is 0.0804. The molecule has 1 aromatic carbocycles. The van der Waals surface area contributed by atoms with Crippen molar-refractivity contribution >= 4 is 11.6 Å². The zero-order valence-corrected chi connectivity index (χ0v) is 15.8. The zero-order valence-electron chi connectivity index (χ0n) is 15.8. The number of aromatic nitrogens is 1. The molecule has 28 heavy (non-hydrogen) atoms. The van der Waals surface area contributed by atoms with Gasteiger partial charge in [0.2, 0.25) is 5.88 Å². The zero-order chi connectivity index (χ0) is 19.5. The van der Waals surface area contributed by atoms with Crippen LogP contribution in [0, 0.1) is 5.82 Å². The molecule has 4 rings (SSSR count). The van der Waals surface area contributed by atoms with Crippen LogP contribution in [0.2, 0.25) is 0 Å². The first-order valence-corrected chi connectivity index (χ1v) is 9.65. The number of hydrogen-bond donors (Lipinski definition) is 2. The van der Waals surface area contributed by atoms with Crippen LogP contribution in [0.15, 0.2) is 30.3 Å². The fourth-order valence-corrected chi connectivity index (χ4v) is 3.51. The Morgan fingerprint density at radius 1 is 1.29 bits per heavy atom. The van der Waals surface area contributed by atoms with E-state index in [0.29, 0.717) is 37.8 Å². The highest BCUT2D eigenvalue weighted by atomic mass is 19.1. The topological polar surface area (TPSA) is 72.5 Å². The van der Waals surface area contributed by atoms with Gasteiger partial charge in [-0.25, -0.2) is 9.37 Å². The summed E-state index contributed by atoms with van der Waals surface area (Å²) < 4.78 is 24.3. The van der Waals surface area contributed by atoms with Crippen LogP contribution in [0.3, 0.4) is 0 Å². The summed E-state index contributed by atoms with van der Waals surface area (Å²) in [6.45, 7) is 3.82. The Labute approximate surface area is 163 Å². The van der Waals surface area contributed by atoms with Gasteiger partial charge in [0.25, 0.3) is 5.91 Å². The smallest absolute Gasteiger partial charge is 0.270 e. The predicted octanol–water partition coefficient (Wildman–Crippen LogP) is 2.91. The van der Waals surface area contributed by atoms with Crippen molar-refractivity contribution in [2.45, 2.75) is 38.3 Å². The average molecular weight is 385 g/mol. The Balaban J connectivity index is 1.64. The maximum Gasteiger partial charge on any atom is 0.270 e. The van der Waals surface area contributed by atoms with Gasteiger partial charge in [-0.3, -0.25) is 4.79 Å². The van der Waals surface area contributed by atoms with Crippen molar-refractivity contribution in [3.8, 4) is 5.88 Å². The van der Waals surface area contributed by atoms with E-state index >= 15 is 0 Å². The lowest BCUT2D eigenvalue weighted by molar-refractivity contribution is 0.0693. The lowest BCUT2D eigenvalue weighted by Gasteiger charge is -2.26. The third-order valence-electron chi connectivity index (χ3n) is 5.02. The van der Waals surface area contributed by atoms with Gasteiger partial charge in [0.15, 0.2) is 0 Å². The number of nitrogens with zero attached hydrogens (tertiary/aromatic N) is 1. The van der Waals surface area contributed by atoms with E-state index in [9.17, 15) is 9.18 Å². The molecule has 1 saturated heterocycles. The van der Waals surface area contributed by atoms with Gasteiger partial charge in [-0.05, 0) is 55.5 Å². The molecule has 0 bridgehead atoms. The molecule has 0 aliphatic carbocycles. The molecule has 1 atom stereocenters. The van der Waals surface area contributed by atoms with Crippen LogP contribution in [-0.2, 0) is 11.2 Å². The number of ether oxygens (including phenoxy) is 2. The van der Waals surface area contributed by atoms with Crippen LogP contribution in [0.4, 0.5) is 10.1 Å². The number of carbonyl (C=O) groups excluding carboxylic acids is 1. The number of anilines is 1. The number of rotatable bonds is 4. The summed E-state index contributed by atoms with van der Waals surface area (Å²) in [7, 11) is 0. The average Bonchev–Trinajstić information content (AvgIpc) is 2.70. The number of nitrogens with one attached hydrogen (secondary N) is 2. The monoisotopic (exact) mass is 385 g/mol. The maximum absolute atomic E-state index is 13.2. The van der Waals surface area contributed by atoms with E-state index in [4.69, 9.17) is 9.47 Å². The fourth-order valence-electron chi connectivity index (χ4n) is 3.51. The van der Waals surface area contributed by atoms with Crippen LogP contribution >= 0.6 is 0 Å². The normalized spacial score (nSPS) is 19.3. The van der Waals surface area contributed by atoms with Gasteiger partial charge in [0, 0.05) is 19.3 Å². The second-order valence-electron chi connectivity index (χ2n) is 7.37. The van der Waals surface area contributed by atoms with Crippen LogP contribution in [-0.4, -0.2) is 42.8 Å². The van der Waals surface area contributed by atoms with Crippen molar-refractivity contribution in [3.63, 3.8) is 0 Å². The molecule has 2 aliphatic heterocycles. The molecular formula is C21H24FN3O3. The van der Waals surface area contributed by atoms with E-state index in [0.717, 1.165) is 29.7 Å². The number of benzene rings is 1. The molecular weight excluding hydrogens is 361 g/mol. The number of amides is 1. The lowest BCUT2D eigenvalue weighted by Crippen LogP contribution is -2.40. The first kappa shape index (κ1) is 18.7. The SMILES string of the molecule is C[C@H]1COc2nc(C(=O)NC3CCOCC3)c(Cc3ccc(F)cc3)cc2N1. The molecule has 6 nitrogen and oxygen atoms in total. The van der Waals surface area contributed by atoms with Crippen molar-refractivity contribution in [1.82, 2.24) is 10.3 Å². The standard InChI is InChI=1S/C21H24FN3O3/c1-13-12-28-21-18(23-13)11-15(10-14-2-4-16(22)5-3-14)19(25-21)20(26)24-17-6-8-27-9-7-17/h2-5,11,13,17,23H,6-10,12H2,1H3,(H,24,26)/t13-/m0/s1. The number of halogens is 1. The van der Waals surface area contributed by atoms with Crippen molar-refractivity contribution < 1.29 is 18.7 Å². The molecule has 1 amide bonds. The molecule has 1 fully saturated rings. The summed E-state index contributed by atoms with van der Waals surface area (Å²) in [5.74, 6) is -0.0548. The highest BCUT2D eigenvalue weighted by Gasteiger charge is 2.25. The summed E-state index contributed by atoms with van der Waals surface area (Å²) in [4.78, 5) is 17.5. The van der Waals surface area contributed by atoms with Crippen molar-refractivity contribution in [2.24, 2.45) is 0 Å². The van der Waals surface area contributed by atoms with E-state index in [1.54, 1.807) is 12.1 Å². The number of carbonyl (C=O) groups is 1. The van der Waals surface area contributed by atoms with Crippen LogP contribution < -0.4 is 15.4 Å². The summed E-state index contributed by atoms with van der Waals surface area (Å²) >= 11 is 0. The van der Waals surface area contributed by atoms with Crippen LogP contribution in [0.25, 0.3) is 0 Å². The number of pyridine rings is 1. The molecule has 7 heteroatoms. The van der Waals surface area contributed by atoms with Crippen LogP contribution in [0.1, 0.15) is 41.4 Å². The molecule has 148 valence electrons. The van der Waals surface area contributed by atoms with Crippen LogP contribution in [0.5, 0.6) is 5.88 Å². The fraction of sp³-hybridized carbons (Fsp3) is 0.429. The molecule has 1 aromatic heterocycles. The highest BCUT2D eigenvalue weighted by Crippen LogP contribution is 2.30. The summed E-state index contributed by atoms with van der Waals surface area (Å²) in [6, 6.07) is 8.45. The minimum atomic E-state index is -0.284. The van der Waals surface area contributed by atoms with E-state index in [1.807, 2.05) is 13.0 Å². The molecule has 2 N–H and O–H groups in total. The third-order valence-corrected chi connectivity index (χ3v) is 5.02. The Kier molecular flexibility index (Phi) is 5.43.